The molecule has 5 rings (SSSR count). The molecule has 1 saturated heterocycles. The first kappa shape index (κ1) is 25.5. The Balaban J connectivity index is 1.56. The number of rotatable bonds is 8. The lowest BCUT2D eigenvalue weighted by molar-refractivity contribution is -0.139. The van der Waals surface area contributed by atoms with Crippen molar-refractivity contribution in [3.05, 3.63) is 95.1 Å². The Kier molecular flexibility index (Phi) is 7.47. The van der Waals surface area contributed by atoms with E-state index in [1.165, 1.54) is 0 Å². The number of para-hydroxylation sites is 1. The summed E-state index contributed by atoms with van der Waals surface area (Å²) in [4.78, 5) is 30.3. The third-order valence-corrected chi connectivity index (χ3v) is 6.88. The zero-order valence-corrected chi connectivity index (χ0v) is 21.7. The molecule has 2 aliphatic rings. The predicted octanol–water partition coefficient (Wildman–Crippen LogP) is 5.18. The minimum Gasteiger partial charge on any atom is -0.507 e. The van der Waals surface area contributed by atoms with E-state index in [1.54, 1.807) is 11.0 Å². The number of fused-ring (bicyclic) bond motifs is 1. The molecule has 196 valence electrons. The number of ketones is 1. The molecule has 7 nitrogen and oxygen atoms in total. The van der Waals surface area contributed by atoms with Gasteiger partial charge in [0.25, 0.3) is 11.7 Å². The number of nitrogens with zero attached hydrogens (tertiary/aromatic N) is 2. The number of hydrogen-bond donors (Lipinski definition) is 1. The number of hydrogen-bond acceptors (Lipinski definition) is 6. The zero-order chi connectivity index (χ0) is 26.6. The highest BCUT2D eigenvalue weighted by Crippen LogP contribution is 2.41. The van der Waals surface area contributed by atoms with Gasteiger partial charge in [0.15, 0.2) is 0 Å². The van der Waals surface area contributed by atoms with Crippen molar-refractivity contribution in [2.45, 2.75) is 25.3 Å². The molecule has 3 aromatic rings. The molecule has 7 heteroatoms. The molecule has 0 spiro atoms. The number of benzene rings is 3. The van der Waals surface area contributed by atoms with Gasteiger partial charge >= 0.3 is 0 Å². The zero-order valence-electron chi connectivity index (χ0n) is 21.7. The fourth-order valence-corrected chi connectivity index (χ4v) is 5.05. The first-order valence-corrected chi connectivity index (χ1v) is 12.9. The van der Waals surface area contributed by atoms with E-state index >= 15 is 0 Å². The van der Waals surface area contributed by atoms with E-state index in [9.17, 15) is 14.7 Å². The molecule has 0 saturated carbocycles. The van der Waals surface area contributed by atoms with Gasteiger partial charge in [-0.1, -0.05) is 30.3 Å². The quantitative estimate of drug-likeness (QED) is 0.255. The highest BCUT2D eigenvalue weighted by molar-refractivity contribution is 6.46. The Morgan fingerprint density at radius 3 is 2.61 bits per heavy atom. The van der Waals surface area contributed by atoms with Gasteiger partial charge in [-0.25, -0.2) is 0 Å². The van der Waals surface area contributed by atoms with Gasteiger partial charge in [0, 0.05) is 12.1 Å². The normalized spacial score (nSPS) is 18.4. The largest absolute Gasteiger partial charge is 0.507 e. The number of ether oxygens (including phenoxy) is 2. The maximum absolute atomic E-state index is 13.4. The lowest BCUT2D eigenvalue weighted by Gasteiger charge is -2.26. The van der Waals surface area contributed by atoms with Crippen molar-refractivity contribution < 1.29 is 24.2 Å². The van der Waals surface area contributed by atoms with E-state index in [-0.39, 0.29) is 11.3 Å². The molecule has 0 bridgehead atoms. The van der Waals surface area contributed by atoms with Gasteiger partial charge in [0.1, 0.15) is 23.0 Å². The van der Waals surface area contributed by atoms with Crippen LogP contribution in [0.3, 0.4) is 0 Å². The third-order valence-electron chi connectivity index (χ3n) is 6.88. The van der Waals surface area contributed by atoms with Crippen molar-refractivity contribution in [1.82, 2.24) is 9.80 Å². The SMILES string of the molecule is CN(C)CCCN1C(=O)C(=O)/C(=C(\O)c2ccc3c(c2)CCCO3)C1c1cccc(Oc2ccccc2)c1. The molecule has 2 heterocycles. The van der Waals surface area contributed by atoms with E-state index in [1.807, 2.05) is 85.7 Å². The highest BCUT2D eigenvalue weighted by atomic mass is 16.5. The smallest absolute Gasteiger partial charge is 0.295 e. The Morgan fingerprint density at radius 2 is 1.82 bits per heavy atom. The number of carbonyl (C=O) groups is 2. The fourth-order valence-electron chi connectivity index (χ4n) is 5.05. The summed E-state index contributed by atoms with van der Waals surface area (Å²) in [7, 11) is 3.94. The van der Waals surface area contributed by atoms with E-state index in [0.717, 1.165) is 30.7 Å². The van der Waals surface area contributed by atoms with E-state index in [4.69, 9.17) is 9.47 Å². The van der Waals surface area contributed by atoms with E-state index < -0.39 is 17.7 Å². The second-order valence-electron chi connectivity index (χ2n) is 9.91. The minimum atomic E-state index is -0.733. The summed E-state index contributed by atoms with van der Waals surface area (Å²) in [5.74, 6) is 0.594. The van der Waals surface area contributed by atoms with Crippen LogP contribution in [0, 0.1) is 0 Å². The average molecular weight is 513 g/mol. The van der Waals surface area contributed by atoms with Crippen LogP contribution in [0.4, 0.5) is 0 Å². The Hall–Kier alpha value is -4.10. The molecule has 2 aliphatic heterocycles. The van der Waals surface area contributed by atoms with E-state index in [2.05, 4.69) is 0 Å². The Morgan fingerprint density at radius 1 is 1.03 bits per heavy atom. The van der Waals surface area contributed by atoms with Gasteiger partial charge in [-0.2, -0.15) is 0 Å². The molecular formula is C31H32N2O5. The van der Waals surface area contributed by atoms with Crippen LogP contribution in [0.25, 0.3) is 5.76 Å². The number of likely N-dealkylation sites (tertiary alicyclic amines) is 1. The number of aliphatic hydroxyl groups excluding tert-OH is 1. The van der Waals surface area contributed by atoms with Crippen LogP contribution in [-0.2, 0) is 16.0 Å². The summed E-state index contributed by atoms with van der Waals surface area (Å²) >= 11 is 0. The van der Waals surface area contributed by atoms with E-state index in [0.29, 0.717) is 42.2 Å². The number of amides is 1. The maximum atomic E-state index is 13.4. The third kappa shape index (κ3) is 5.29. The molecule has 38 heavy (non-hydrogen) atoms. The first-order chi connectivity index (χ1) is 18.4. The second-order valence-corrected chi connectivity index (χ2v) is 9.91. The average Bonchev–Trinajstić information content (AvgIpc) is 3.18. The summed E-state index contributed by atoms with van der Waals surface area (Å²) in [6.07, 6.45) is 2.41. The molecule has 1 atom stereocenters. The first-order valence-electron chi connectivity index (χ1n) is 12.9. The Bertz CT molecular complexity index is 1370. The van der Waals surface area contributed by atoms with Crippen molar-refractivity contribution in [3.8, 4) is 17.2 Å². The maximum Gasteiger partial charge on any atom is 0.295 e. The van der Waals surface area contributed by atoms with Crippen LogP contribution in [0.15, 0.2) is 78.4 Å². The number of carbonyl (C=O) groups excluding carboxylic acids is 2. The standard InChI is InChI=1S/C31H32N2O5/c1-32(2)16-8-17-33-28(22-9-6-13-25(20-22)38-24-11-4-3-5-12-24)27(30(35)31(33)36)29(34)23-14-15-26-21(19-23)10-7-18-37-26/h3-6,9,11-15,19-20,28,34H,7-8,10,16-18H2,1-2H3/b29-27-. The molecular weight excluding hydrogens is 480 g/mol. The fraction of sp³-hybridized carbons (Fsp3) is 0.290. The van der Waals surface area contributed by atoms with Gasteiger partial charge in [0.05, 0.1) is 18.2 Å². The van der Waals surface area contributed by atoms with Crippen LogP contribution in [-0.4, -0.2) is 60.4 Å². The van der Waals surface area contributed by atoms with Crippen LogP contribution in [0.5, 0.6) is 17.2 Å². The Labute approximate surface area is 222 Å². The summed E-state index contributed by atoms with van der Waals surface area (Å²) < 4.78 is 11.7. The van der Waals surface area contributed by atoms with Crippen LogP contribution in [0.1, 0.15) is 35.6 Å². The molecule has 3 aromatic carbocycles. The lowest BCUT2D eigenvalue weighted by Crippen LogP contribution is -2.32. The van der Waals surface area contributed by atoms with Crippen LogP contribution >= 0.6 is 0 Å². The highest BCUT2D eigenvalue weighted by Gasteiger charge is 2.46. The number of aliphatic hydroxyl groups is 1. The van der Waals surface area contributed by atoms with Crippen LogP contribution < -0.4 is 9.47 Å². The minimum absolute atomic E-state index is 0.0911. The van der Waals surface area contributed by atoms with Crippen molar-refractivity contribution in [1.29, 1.82) is 0 Å². The topological polar surface area (TPSA) is 79.3 Å². The molecule has 1 unspecified atom stereocenters. The van der Waals surface area contributed by atoms with Crippen molar-refractivity contribution in [2.24, 2.45) is 0 Å². The molecule has 0 radical (unpaired) electrons. The van der Waals surface area contributed by atoms with Gasteiger partial charge in [-0.05, 0) is 93.5 Å². The van der Waals surface area contributed by atoms with Gasteiger partial charge < -0.3 is 24.4 Å². The molecule has 0 aliphatic carbocycles. The summed E-state index contributed by atoms with van der Waals surface area (Å²) in [5.41, 5.74) is 2.27. The van der Waals surface area contributed by atoms with Gasteiger partial charge in [0.2, 0.25) is 0 Å². The van der Waals surface area contributed by atoms with Gasteiger partial charge in [-0.15, -0.1) is 0 Å². The molecule has 0 aromatic heterocycles. The van der Waals surface area contributed by atoms with Crippen molar-refractivity contribution in [3.63, 3.8) is 0 Å². The lowest BCUT2D eigenvalue weighted by atomic mass is 9.94. The van der Waals surface area contributed by atoms with Crippen molar-refractivity contribution >= 4 is 17.4 Å². The summed E-state index contributed by atoms with van der Waals surface area (Å²) in [5, 5.41) is 11.5. The van der Waals surface area contributed by atoms with Crippen molar-refractivity contribution in [2.75, 3.05) is 33.8 Å². The molecule has 1 amide bonds. The van der Waals surface area contributed by atoms with Crippen LogP contribution in [0.2, 0.25) is 0 Å². The number of aryl methyl sites for hydroxylation is 1. The summed E-state index contributed by atoms with van der Waals surface area (Å²) in [6.45, 7) is 1.81. The number of Topliss-reactive ketones (excluding diaryl/α,β-unsaturated/α-hetero) is 1. The monoisotopic (exact) mass is 512 g/mol. The molecule has 1 N–H and O–H groups in total. The summed E-state index contributed by atoms with van der Waals surface area (Å²) in [6, 6.07) is 21.5. The predicted molar refractivity (Wildman–Crippen MR) is 145 cm³/mol. The van der Waals surface area contributed by atoms with Gasteiger partial charge in [-0.3, -0.25) is 9.59 Å². The molecule has 1 fully saturated rings. The second kappa shape index (κ2) is 11.1.